The topological polar surface area (TPSA) is 3.24 Å². The predicted octanol–water partition coefficient (Wildman–Crippen LogP) is 4.18. The molecule has 0 bridgehead atoms. The first-order chi connectivity index (χ1) is 8.20. The van der Waals surface area contributed by atoms with E-state index < -0.39 is 0 Å². The number of benzene rings is 1. The van der Waals surface area contributed by atoms with E-state index in [4.69, 9.17) is 11.6 Å². The first-order valence-electron chi connectivity index (χ1n) is 5.94. The number of alkyl halides is 1. The molecule has 1 nitrogen and oxygen atoms in total. The summed E-state index contributed by atoms with van der Waals surface area (Å²) in [6.45, 7) is 1.67. The van der Waals surface area contributed by atoms with E-state index in [0.717, 1.165) is 23.0 Å². The number of hydrogen-bond acceptors (Lipinski definition) is 1. The van der Waals surface area contributed by atoms with E-state index >= 15 is 0 Å². The minimum Gasteiger partial charge on any atom is -0.295 e. The molecule has 0 aliphatic carbocycles. The van der Waals surface area contributed by atoms with Gasteiger partial charge in [0.2, 0.25) is 0 Å². The molecular weight excluding hydrogens is 305 g/mol. The first kappa shape index (κ1) is 13.3. The fourth-order valence-corrected chi connectivity index (χ4v) is 3.08. The summed E-state index contributed by atoms with van der Waals surface area (Å²) in [6, 6.07) is 5.49. The molecule has 0 radical (unpaired) electrons. The van der Waals surface area contributed by atoms with Crippen molar-refractivity contribution in [2.75, 3.05) is 12.4 Å². The number of rotatable bonds is 3. The highest BCUT2D eigenvalue weighted by molar-refractivity contribution is 9.10. The Morgan fingerprint density at radius 1 is 1.41 bits per heavy atom. The van der Waals surface area contributed by atoms with Gasteiger partial charge < -0.3 is 0 Å². The van der Waals surface area contributed by atoms with Crippen molar-refractivity contribution in [3.8, 4) is 0 Å². The van der Waals surface area contributed by atoms with Crippen molar-refractivity contribution in [3.63, 3.8) is 0 Å². The second kappa shape index (κ2) is 6.17. The Balaban J connectivity index is 2.10. The molecule has 94 valence electrons. The van der Waals surface area contributed by atoms with Crippen molar-refractivity contribution in [1.82, 2.24) is 4.90 Å². The third-order valence-corrected chi connectivity index (χ3v) is 4.16. The van der Waals surface area contributed by atoms with Crippen LogP contribution in [0, 0.1) is 5.82 Å². The summed E-state index contributed by atoms with van der Waals surface area (Å²) in [5.74, 6) is 0.502. The number of likely N-dealkylation sites (tertiary alicyclic amines) is 1. The normalized spacial score (nSPS) is 21.7. The highest BCUT2D eigenvalue weighted by atomic mass is 79.9. The van der Waals surface area contributed by atoms with Crippen LogP contribution in [0.1, 0.15) is 24.8 Å². The molecule has 17 heavy (non-hydrogen) atoms. The van der Waals surface area contributed by atoms with Crippen LogP contribution in [0.3, 0.4) is 0 Å². The van der Waals surface area contributed by atoms with Gasteiger partial charge in [0.05, 0.1) is 0 Å². The third kappa shape index (κ3) is 3.43. The zero-order valence-electron chi connectivity index (χ0n) is 9.63. The van der Waals surface area contributed by atoms with Crippen LogP contribution in [0.25, 0.3) is 0 Å². The average Bonchev–Trinajstić information content (AvgIpc) is 2.34. The molecule has 1 heterocycles. The molecule has 0 spiro atoms. The lowest BCUT2D eigenvalue weighted by Crippen LogP contribution is -2.40. The van der Waals surface area contributed by atoms with E-state index in [9.17, 15) is 4.39 Å². The summed E-state index contributed by atoms with van der Waals surface area (Å²) in [5, 5.41) is 0. The van der Waals surface area contributed by atoms with Crippen LogP contribution in [-0.4, -0.2) is 23.4 Å². The summed E-state index contributed by atoms with van der Waals surface area (Å²) >= 11 is 9.35. The molecule has 0 saturated carbocycles. The Morgan fingerprint density at radius 3 is 3.00 bits per heavy atom. The molecule has 1 atom stereocenters. The molecule has 1 aromatic carbocycles. The predicted molar refractivity (Wildman–Crippen MR) is 72.9 cm³/mol. The van der Waals surface area contributed by atoms with E-state index in [1.54, 1.807) is 6.07 Å². The summed E-state index contributed by atoms with van der Waals surface area (Å²) < 4.78 is 14.6. The van der Waals surface area contributed by atoms with Gasteiger partial charge in [-0.3, -0.25) is 4.90 Å². The van der Waals surface area contributed by atoms with Crippen LogP contribution in [0.15, 0.2) is 22.7 Å². The summed E-state index contributed by atoms with van der Waals surface area (Å²) in [7, 11) is 0. The lowest BCUT2D eigenvalue weighted by Gasteiger charge is -2.34. The Labute approximate surface area is 115 Å². The highest BCUT2D eigenvalue weighted by Gasteiger charge is 2.22. The Hall–Kier alpha value is -0.120. The van der Waals surface area contributed by atoms with E-state index in [-0.39, 0.29) is 5.82 Å². The van der Waals surface area contributed by atoms with Gasteiger partial charge in [0.15, 0.2) is 0 Å². The second-order valence-corrected chi connectivity index (χ2v) is 5.73. The van der Waals surface area contributed by atoms with Crippen molar-refractivity contribution in [1.29, 1.82) is 0 Å². The van der Waals surface area contributed by atoms with Gasteiger partial charge in [-0.15, -0.1) is 11.6 Å². The fourth-order valence-electron chi connectivity index (χ4n) is 2.33. The summed E-state index contributed by atoms with van der Waals surface area (Å²) in [4.78, 5) is 2.29. The van der Waals surface area contributed by atoms with Crippen molar-refractivity contribution in [2.45, 2.75) is 31.8 Å². The SMILES string of the molecule is Fc1ccc(Br)cc1CN1CCCCC1CCl. The number of halogens is 3. The van der Waals surface area contributed by atoms with Gasteiger partial charge in [0.1, 0.15) is 5.82 Å². The molecule has 0 amide bonds. The number of nitrogens with zero attached hydrogens (tertiary/aromatic N) is 1. The number of hydrogen-bond donors (Lipinski definition) is 0. The van der Waals surface area contributed by atoms with Gasteiger partial charge in [-0.25, -0.2) is 4.39 Å². The van der Waals surface area contributed by atoms with Gasteiger partial charge in [0.25, 0.3) is 0 Å². The Kier molecular flexibility index (Phi) is 4.83. The smallest absolute Gasteiger partial charge is 0.127 e. The molecule has 1 saturated heterocycles. The van der Waals surface area contributed by atoms with Crippen molar-refractivity contribution < 1.29 is 4.39 Å². The molecule has 2 rings (SSSR count). The quantitative estimate of drug-likeness (QED) is 0.755. The van der Waals surface area contributed by atoms with E-state index in [1.807, 2.05) is 6.07 Å². The molecule has 1 unspecified atom stereocenters. The van der Waals surface area contributed by atoms with Crippen molar-refractivity contribution in [3.05, 3.63) is 34.1 Å². The van der Waals surface area contributed by atoms with Gasteiger partial charge >= 0.3 is 0 Å². The minimum absolute atomic E-state index is 0.132. The zero-order chi connectivity index (χ0) is 12.3. The van der Waals surface area contributed by atoms with Gasteiger partial charge in [-0.05, 0) is 37.6 Å². The standard InChI is InChI=1S/C13H16BrClFN/c14-11-4-5-13(16)10(7-11)9-17-6-2-1-3-12(17)8-15/h4-5,7,12H,1-3,6,8-9H2. The maximum atomic E-state index is 13.7. The van der Waals surface area contributed by atoms with Gasteiger partial charge in [0, 0.05) is 28.5 Å². The van der Waals surface area contributed by atoms with Crippen molar-refractivity contribution >= 4 is 27.5 Å². The van der Waals surface area contributed by atoms with Crippen LogP contribution in [0.2, 0.25) is 0 Å². The van der Waals surface area contributed by atoms with Crippen LogP contribution >= 0.6 is 27.5 Å². The lowest BCUT2D eigenvalue weighted by atomic mass is 10.0. The average molecular weight is 321 g/mol. The summed E-state index contributed by atoms with van der Waals surface area (Å²) in [6.07, 6.45) is 3.54. The fraction of sp³-hybridized carbons (Fsp3) is 0.538. The van der Waals surface area contributed by atoms with E-state index in [2.05, 4.69) is 20.8 Å². The zero-order valence-corrected chi connectivity index (χ0v) is 12.0. The maximum absolute atomic E-state index is 13.7. The van der Waals surface area contributed by atoms with Crippen molar-refractivity contribution in [2.24, 2.45) is 0 Å². The van der Waals surface area contributed by atoms with Gasteiger partial charge in [-0.1, -0.05) is 22.4 Å². The first-order valence-corrected chi connectivity index (χ1v) is 7.27. The molecular formula is C13H16BrClFN. The van der Waals surface area contributed by atoms with Gasteiger partial charge in [-0.2, -0.15) is 0 Å². The molecule has 1 fully saturated rings. The summed E-state index contributed by atoms with van der Waals surface area (Å²) in [5.41, 5.74) is 0.747. The molecule has 0 aromatic heterocycles. The minimum atomic E-state index is -0.132. The third-order valence-electron chi connectivity index (χ3n) is 3.31. The Bertz CT molecular complexity index is 386. The molecule has 1 aromatic rings. The second-order valence-electron chi connectivity index (χ2n) is 4.51. The highest BCUT2D eigenvalue weighted by Crippen LogP contribution is 2.23. The lowest BCUT2D eigenvalue weighted by molar-refractivity contribution is 0.153. The molecule has 1 aliphatic rings. The van der Waals surface area contributed by atoms with Crippen LogP contribution in [0.4, 0.5) is 4.39 Å². The Morgan fingerprint density at radius 2 is 2.24 bits per heavy atom. The largest absolute Gasteiger partial charge is 0.295 e. The monoisotopic (exact) mass is 319 g/mol. The van der Waals surface area contributed by atoms with E-state index in [0.29, 0.717) is 18.5 Å². The number of piperidine rings is 1. The van der Waals surface area contributed by atoms with E-state index in [1.165, 1.54) is 18.9 Å². The van der Waals surface area contributed by atoms with Crippen LogP contribution in [0.5, 0.6) is 0 Å². The molecule has 4 heteroatoms. The van der Waals surface area contributed by atoms with Crippen LogP contribution in [-0.2, 0) is 6.54 Å². The maximum Gasteiger partial charge on any atom is 0.127 e. The molecule has 0 N–H and O–H groups in total. The van der Waals surface area contributed by atoms with Crippen LogP contribution < -0.4 is 0 Å². The molecule has 1 aliphatic heterocycles.